The van der Waals surface area contributed by atoms with Gasteiger partial charge in [0.1, 0.15) is 11.9 Å². The van der Waals surface area contributed by atoms with Gasteiger partial charge in [0, 0.05) is 12.6 Å². The molecule has 0 amide bonds. The summed E-state index contributed by atoms with van der Waals surface area (Å²) >= 11 is 1.53. The molecule has 3 nitrogen and oxygen atoms in total. The van der Waals surface area contributed by atoms with Gasteiger partial charge in [-0.25, -0.2) is 4.98 Å². The van der Waals surface area contributed by atoms with Gasteiger partial charge < -0.3 is 9.84 Å². The summed E-state index contributed by atoms with van der Waals surface area (Å²) in [5.74, 6) is 0.946. The zero-order chi connectivity index (χ0) is 11.8. The first kappa shape index (κ1) is 10.7. The molecule has 17 heavy (non-hydrogen) atoms. The van der Waals surface area contributed by atoms with E-state index in [-0.39, 0.29) is 0 Å². The number of thiazole rings is 1. The molecule has 0 aliphatic carbocycles. The summed E-state index contributed by atoms with van der Waals surface area (Å²) in [6.45, 7) is 2.69. The van der Waals surface area contributed by atoms with Crippen LogP contribution >= 0.6 is 11.3 Å². The van der Waals surface area contributed by atoms with Crippen LogP contribution in [0.25, 0.3) is 0 Å². The molecular formula is C13H13NO2S. The Bertz CT molecular complexity index is 550. The normalized spacial score (nSPS) is 15.4. The highest BCUT2D eigenvalue weighted by molar-refractivity contribution is 7.11. The Morgan fingerprint density at radius 3 is 3.12 bits per heavy atom. The zero-order valence-corrected chi connectivity index (χ0v) is 10.3. The number of ether oxygens (including phenoxy) is 1. The van der Waals surface area contributed by atoms with E-state index in [9.17, 15) is 5.11 Å². The highest BCUT2D eigenvalue weighted by Crippen LogP contribution is 2.32. The maximum atomic E-state index is 10.3. The van der Waals surface area contributed by atoms with Crippen LogP contribution < -0.4 is 4.74 Å². The fourth-order valence-corrected chi connectivity index (χ4v) is 2.84. The van der Waals surface area contributed by atoms with Crippen LogP contribution in [-0.2, 0) is 6.42 Å². The van der Waals surface area contributed by atoms with Crippen LogP contribution in [0.4, 0.5) is 0 Å². The molecule has 3 rings (SSSR count). The van der Waals surface area contributed by atoms with Crippen molar-refractivity contribution < 1.29 is 9.84 Å². The Labute approximate surface area is 104 Å². The summed E-state index contributed by atoms with van der Waals surface area (Å²) in [5, 5.41) is 11.2. The largest absolute Gasteiger partial charge is 0.493 e. The molecule has 1 unspecified atom stereocenters. The predicted octanol–water partition coefficient (Wildman–Crippen LogP) is 2.47. The summed E-state index contributed by atoms with van der Waals surface area (Å²) in [6.07, 6.45) is 2.10. The molecule has 1 aliphatic rings. The monoisotopic (exact) mass is 247 g/mol. The maximum absolute atomic E-state index is 10.3. The van der Waals surface area contributed by atoms with E-state index < -0.39 is 6.10 Å². The van der Waals surface area contributed by atoms with Gasteiger partial charge >= 0.3 is 0 Å². The number of fused-ring (bicyclic) bond motifs is 1. The van der Waals surface area contributed by atoms with Crippen molar-refractivity contribution in [2.75, 3.05) is 6.61 Å². The fourth-order valence-electron chi connectivity index (χ4n) is 2.05. The Balaban J connectivity index is 1.94. The topological polar surface area (TPSA) is 42.4 Å². The van der Waals surface area contributed by atoms with Crippen LogP contribution in [0.15, 0.2) is 24.4 Å². The molecule has 1 aromatic carbocycles. The number of hydrogen-bond acceptors (Lipinski definition) is 4. The van der Waals surface area contributed by atoms with E-state index in [0.717, 1.165) is 34.2 Å². The molecule has 0 fully saturated rings. The Hall–Kier alpha value is -1.39. The van der Waals surface area contributed by atoms with E-state index in [4.69, 9.17) is 4.74 Å². The van der Waals surface area contributed by atoms with Crippen molar-refractivity contribution in [2.45, 2.75) is 19.4 Å². The lowest BCUT2D eigenvalue weighted by molar-refractivity contribution is 0.224. The lowest BCUT2D eigenvalue weighted by atomic mass is 10.0. The highest BCUT2D eigenvalue weighted by atomic mass is 32.1. The standard InChI is InChI=1S/C13H13NO2S/c1-8-14-7-12(17-8)13(15)10-2-3-11-9(6-10)4-5-16-11/h2-3,6-7,13,15H,4-5H2,1H3. The molecule has 2 aromatic rings. The van der Waals surface area contributed by atoms with Crippen molar-refractivity contribution in [3.63, 3.8) is 0 Å². The average Bonchev–Trinajstić information content (AvgIpc) is 2.95. The van der Waals surface area contributed by atoms with Gasteiger partial charge in [0.05, 0.1) is 16.5 Å². The molecular weight excluding hydrogens is 234 g/mol. The number of benzene rings is 1. The van der Waals surface area contributed by atoms with E-state index in [1.165, 1.54) is 16.9 Å². The lowest BCUT2D eigenvalue weighted by Gasteiger charge is -2.09. The van der Waals surface area contributed by atoms with Crippen LogP contribution in [0, 0.1) is 6.92 Å². The van der Waals surface area contributed by atoms with Gasteiger partial charge in [-0.3, -0.25) is 0 Å². The van der Waals surface area contributed by atoms with Crippen LogP contribution in [0.1, 0.15) is 27.1 Å². The molecule has 1 atom stereocenters. The first-order valence-corrected chi connectivity index (χ1v) is 6.42. The molecule has 0 bridgehead atoms. The van der Waals surface area contributed by atoms with Crippen molar-refractivity contribution in [3.8, 4) is 5.75 Å². The van der Waals surface area contributed by atoms with Crippen LogP contribution in [0.5, 0.6) is 5.75 Å². The minimum absolute atomic E-state index is 0.577. The summed E-state index contributed by atoms with van der Waals surface area (Å²) in [5.41, 5.74) is 2.10. The summed E-state index contributed by atoms with van der Waals surface area (Å²) < 4.78 is 5.45. The summed E-state index contributed by atoms with van der Waals surface area (Å²) in [7, 11) is 0. The van der Waals surface area contributed by atoms with Gasteiger partial charge in [0.2, 0.25) is 0 Å². The van der Waals surface area contributed by atoms with Crippen molar-refractivity contribution in [3.05, 3.63) is 45.4 Å². The van der Waals surface area contributed by atoms with Crippen LogP contribution in [0.3, 0.4) is 0 Å². The van der Waals surface area contributed by atoms with Gasteiger partial charge in [0.25, 0.3) is 0 Å². The van der Waals surface area contributed by atoms with Crippen LogP contribution in [-0.4, -0.2) is 16.7 Å². The first-order chi connectivity index (χ1) is 8.24. The van der Waals surface area contributed by atoms with Gasteiger partial charge in [-0.05, 0) is 30.2 Å². The highest BCUT2D eigenvalue weighted by Gasteiger charge is 2.17. The van der Waals surface area contributed by atoms with E-state index in [1.807, 2.05) is 25.1 Å². The van der Waals surface area contributed by atoms with Crippen molar-refractivity contribution in [1.82, 2.24) is 4.98 Å². The minimum atomic E-state index is -0.577. The second-order valence-corrected chi connectivity index (χ2v) is 5.42. The number of rotatable bonds is 2. The molecule has 1 aliphatic heterocycles. The second-order valence-electron chi connectivity index (χ2n) is 4.15. The van der Waals surface area contributed by atoms with Gasteiger partial charge in [-0.2, -0.15) is 0 Å². The van der Waals surface area contributed by atoms with E-state index >= 15 is 0 Å². The van der Waals surface area contributed by atoms with Crippen molar-refractivity contribution in [2.24, 2.45) is 0 Å². The molecule has 0 spiro atoms. The Kier molecular flexibility index (Phi) is 2.61. The molecule has 4 heteroatoms. The minimum Gasteiger partial charge on any atom is -0.493 e. The number of aromatic nitrogens is 1. The molecule has 88 valence electrons. The Morgan fingerprint density at radius 2 is 2.35 bits per heavy atom. The van der Waals surface area contributed by atoms with Crippen molar-refractivity contribution >= 4 is 11.3 Å². The predicted molar refractivity (Wildman–Crippen MR) is 66.6 cm³/mol. The molecule has 1 aromatic heterocycles. The number of aliphatic hydroxyl groups excluding tert-OH is 1. The summed E-state index contributed by atoms with van der Waals surface area (Å²) in [4.78, 5) is 5.06. The molecule has 0 saturated carbocycles. The van der Waals surface area contributed by atoms with E-state index in [1.54, 1.807) is 6.20 Å². The first-order valence-electron chi connectivity index (χ1n) is 5.60. The van der Waals surface area contributed by atoms with Crippen molar-refractivity contribution in [1.29, 1.82) is 0 Å². The van der Waals surface area contributed by atoms with Gasteiger partial charge in [-0.15, -0.1) is 11.3 Å². The maximum Gasteiger partial charge on any atom is 0.122 e. The second kappa shape index (κ2) is 4.13. The number of aryl methyl sites for hydroxylation is 1. The molecule has 0 saturated heterocycles. The number of hydrogen-bond donors (Lipinski definition) is 1. The zero-order valence-electron chi connectivity index (χ0n) is 9.51. The quantitative estimate of drug-likeness (QED) is 0.886. The molecule has 1 N–H and O–H groups in total. The third kappa shape index (κ3) is 1.94. The van der Waals surface area contributed by atoms with Gasteiger partial charge in [0.15, 0.2) is 0 Å². The SMILES string of the molecule is Cc1ncc(C(O)c2ccc3c(c2)CCO3)s1. The van der Waals surface area contributed by atoms with Gasteiger partial charge in [-0.1, -0.05) is 6.07 Å². The van der Waals surface area contributed by atoms with E-state index in [2.05, 4.69) is 4.98 Å². The summed E-state index contributed by atoms with van der Waals surface area (Å²) in [6, 6.07) is 5.89. The van der Waals surface area contributed by atoms with E-state index in [0.29, 0.717) is 0 Å². The third-order valence-corrected chi connectivity index (χ3v) is 3.90. The lowest BCUT2D eigenvalue weighted by Crippen LogP contribution is -1.97. The Morgan fingerprint density at radius 1 is 1.47 bits per heavy atom. The molecule has 0 radical (unpaired) electrons. The fraction of sp³-hybridized carbons (Fsp3) is 0.308. The number of aliphatic hydroxyl groups is 1. The third-order valence-electron chi connectivity index (χ3n) is 2.94. The average molecular weight is 247 g/mol. The molecule has 2 heterocycles. The smallest absolute Gasteiger partial charge is 0.122 e. The van der Waals surface area contributed by atoms with Crippen LogP contribution in [0.2, 0.25) is 0 Å². The number of nitrogens with zero attached hydrogens (tertiary/aromatic N) is 1.